The number of methoxy groups -OCH3 is 2. The standard InChI is InChI=1S/C29H40N4O4/c1-5-18-32(19-6-2)28(34)21-33-24-13-10-9-12-23(24)31-27(33)14-8-7-11-17-30-29(35)22-15-16-25(36-3)26(20-22)37-4/h9-10,12-13,15-16,20H,5-8,11,14,17-19,21H2,1-4H3,(H,30,35). The molecule has 8 heteroatoms. The monoisotopic (exact) mass is 508 g/mol. The highest BCUT2D eigenvalue weighted by Gasteiger charge is 2.17. The molecule has 37 heavy (non-hydrogen) atoms. The van der Waals surface area contributed by atoms with Crippen LogP contribution in [0, 0.1) is 0 Å². The summed E-state index contributed by atoms with van der Waals surface area (Å²) in [5.74, 6) is 2.08. The molecule has 3 aromatic rings. The number of aryl methyl sites for hydroxylation is 1. The maximum Gasteiger partial charge on any atom is 0.251 e. The highest BCUT2D eigenvalue weighted by atomic mass is 16.5. The summed E-state index contributed by atoms with van der Waals surface area (Å²) in [6.45, 7) is 6.67. The first-order valence-corrected chi connectivity index (χ1v) is 13.2. The lowest BCUT2D eigenvalue weighted by atomic mass is 10.1. The van der Waals surface area contributed by atoms with Gasteiger partial charge < -0.3 is 24.3 Å². The van der Waals surface area contributed by atoms with Crippen LogP contribution >= 0.6 is 0 Å². The quantitative estimate of drug-likeness (QED) is 0.297. The summed E-state index contributed by atoms with van der Waals surface area (Å²) in [7, 11) is 3.12. The van der Waals surface area contributed by atoms with E-state index >= 15 is 0 Å². The van der Waals surface area contributed by atoms with Crippen molar-refractivity contribution in [1.29, 1.82) is 0 Å². The minimum Gasteiger partial charge on any atom is -0.493 e. The molecule has 0 radical (unpaired) electrons. The normalized spacial score (nSPS) is 10.9. The third-order valence-electron chi connectivity index (χ3n) is 6.38. The van der Waals surface area contributed by atoms with E-state index in [4.69, 9.17) is 14.5 Å². The number of hydrogen-bond donors (Lipinski definition) is 1. The predicted octanol–water partition coefficient (Wildman–Crippen LogP) is 4.84. The van der Waals surface area contributed by atoms with Crippen LogP contribution in [0.2, 0.25) is 0 Å². The molecule has 2 amide bonds. The number of nitrogens with one attached hydrogen (secondary N) is 1. The molecule has 1 aromatic heterocycles. The number of fused-ring (bicyclic) bond motifs is 1. The number of amides is 2. The van der Waals surface area contributed by atoms with Crippen LogP contribution in [0.5, 0.6) is 11.5 Å². The second-order valence-electron chi connectivity index (χ2n) is 9.12. The van der Waals surface area contributed by atoms with Gasteiger partial charge in [-0.05, 0) is 56.0 Å². The molecule has 0 aliphatic carbocycles. The smallest absolute Gasteiger partial charge is 0.251 e. The lowest BCUT2D eigenvalue weighted by Gasteiger charge is -2.22. The summed E-state index contributed by atoms with van der Waals surface area (Å²) in [5.41, 5.74) is 2.46. The van der Waals surface area contributed by atoms with Gasteiger partial charge in [-0.15, -0.1) is 0 Å². The summed E-state index contributed by atoms with van der Waals surface area (Å²) in [6.07, 6.45) is 5.42. The van der Waals surface area contributed by atoms with Gasteiger partial charge in [0.2, 0.25) is 5.91 Å². The topological polar surface area (TPSA) is 85.7 Å². The van der Waals surface area contributed by atoms with Gasteiger partial charge in [0.15, 0.2) is 11.5 Å². The molecule has 0 bridgehead atoms. The van der Waals surface area contributed by atoms with Crippen molar-refractivity contribution < 1.29 is 19.1 Å². The number of unbranched alkanes of at least 4 members (excludes halogenated alkanes) is 2. The van der Waals surface area contributed by atoms with Gasteiger partial charge in [0.05, 0.1) is 25.3 Å². The molecule has 0 atom stereocenters. The maximum absolute atomic E-state index is 13.1. The van der Waals surface area contributed by atoms with Crippen LogP contribution in [0.15, 0.2) is 42.5 Å². The van der Waals surface area contributed by atoms with Crippen LogP contribution in [0.3, 0.4) is 0 Å². The number of rotatable bonds is 15. The van der Waals surface area contributed by atoms with E-state index in [1.807, 2.05) is 29.2 Å². The van der Waals surface area contributed by atoms with Gasteiger partial charge in [0.1, 0.15) is 12.4 Å². The van der Waals surface area contributed by atoms with Crippen LogP contribution in [-0.4, -0.2) is 60.1 Å². The van der Waals surface area contributed by atoms with E-state index in [9.17, 15) is 9.59 Å². The van der Waals surface area contributed by atoms with E-state index in [1.54, 1.807) is 32.4 Å². The van der Waals surface area contributed by atoms with Crippen molar-refractivity contribution in [3.05, 3.63) is 53.9 Å². The van der Waals surface area contributed by atoms with Gasteiger partial charge in [-0.3, -0.25) is 9.59 Å². The Morgan fingerprint density at radius 3 is 2.38 bits per heavy atom. The number of ether oxygens (including phenoxy) is 2. The Hall–Kier alpha value is -3.55. The molecule has 0 saturated carbocycles. The zero-order chi connectivity index (χ0) is 26.6. The van der Waals surface area contributed by atoms with Crippen molar-refractivity contribution in [1.82, 2.24) is 19.8 Å². The predicted molar refractivity (Wildman–Crippen MR) is 146 cm³/mol. The highest BCUT2D eigenvalue weighted by molar-refractivity contribution is 5.94. The maximum atomic E-state index is 13.1. The molecular weight excluding hydrogens is 468 g/mol. The van der Waals surface area contributed by atoms with E-state index in [1.165, 1.54) is 0 Å². The van der Waals surface area contributed by atoms with Crippen LogP contribution in [0.1, 0.15) is 62.1 Å². The highest BCUT2D eigenvalue weighted by Crippen LogP contribution is 2.27. The third-order valence-corrected chi connectivity index (χ3v) is 6.38. The lowest BCUT2D eigenvalue weighted by Crippen LogP contribution is -2.35. The first kappa shape index (κ1) is 28.0. The molecule has 0 unspecified atom stereocenters. The second-order valence-corrected chi connectivity index (χ2v) is 9.12. The first-order valence-electron chi connectivity index (χ1n) is 13.2. The Bertz CT molecular complexity index is 1170. The Morgan fingerprint density at radius 1 is 0.946 bits per heavy atom. The van der Waals surface area contributed by atoms with Crippen LogP contribution in [-0.2, 0) is 17.8 Å². The summed E-state index contributed by atoms with van der Waals surface area (Å²) < 4.78 is 12.6. The van der Waals surface area contributed by atoms with Crippen molar-refractivity contribution in [2.45, 2.75) is 58.9 Å². The number of imidazole rings is 1. The van der Waals surface area contributed by atoms with Gasteiger partial charge in [0, 0.05) is 31.6 Å². The molecule has 0 spiro atoms. The number of aromatic nitrogens is 2. The average molecular weight is 509 g/mol. The van der Waals surface area contributed by atoms with Crippen LogP contribution < -0.4 is 14.8 Å². The number of carbonyl (C=O) groups is 2. The number of hydrogen-bond acceptors (Lipinski definition) is 5. The summed E-state index contributed by atoms with van der Waals surface area (Å²) in [4.78, 5) is 32.4. The fraction of sp³-hybridized carbons (Fsp3) is 0.483. The minimum absolute atomic E-state index is 0.134. The minimum atomic E-state index is -0.134. The molecule has 1 heterocycles. The van der Waals surface area contributed by atoms with Crippen LogP contribution in [0.4, 0.5) is 0 Å². The summed E-state index contributed by atoms with van der Waals surface area (Å²) in [5, 5.41) is 2.98. The van der Waals surface area contributed by atoms with Gasteiger partial charge in [0.25, 0.3) is 5.91 Å². The zero-order valence-corrected chi connectivity index (χ0v) is 22.6. The number of benzene rings is 2. The van der Waals surface area contributed by atoms with Crippen molar-refractivity contribution in [3.8, 4) is 11.5 Å². The molecule has 3 rings (SSSR count). The van der Waals surface area contributed by atoms with Gasteiger partial charge >= 0.3 is 0 Å². The zero-order valence-electron chi connectivity index (χ0n) is 22.6. The molecule has 200 valence electrons. The largest absolute Gasteiger partial charge is 0.493 e. The summed E-state index contributed by atoms with van der Waals surface area (Å²) >= 11 is 0. The van der Waals surface area contributed by atoms with Crippen molar-refractivity contribution >= 4 is 22.8 Å². The Labute approximate surface area is 220 Å². The number of carbonyl (C=O) groups excluding carboxylic acids is 2. The molecule has 0 saturated heterocycles. The molecule has 0 aliphatic heterocycles. The number of para-hydroxylation sites is 2. The van der Waals surface area contributed by atoms with Gasteiger partial charge in [-0.2, -0.15) is 0 Å². The van der Waals surface area contributed by atoms with Gasteiger partial charge in [-0.1, -0.05) is 32.4 Å². The van der Waals surface area contributed by atoms with Crippen molar-refractivity contribution in [2.75, 3.05) is 33.9 Å². The molecule has 8 nitrogen and oxygen atoms in total. The molecule has 0 fully saturated rings. The molecule has 2 aromatic carbocycles. The molecular formula is C29H40N4O4. The van der Waals surface area contributed by atoms with E-state index in [0.717, 1.165) is 68.5 Å². The second kappa shape index (κ2) is 14.3. The Balaban J connectivity index is 1.54. The van der Waals surface area contributed by atoms with E-state index in [2.05, 4.69) is 23.7 Å². The van der Waals surface area contributed by atoms with E-state index in [0.29, 0.717) is 30.2 Å². The van der Waals surface area contributed by atoms with E-state index < -0.39 is 0 Å². The molecule has 1 N–H and O–H groups in total. The summed E-state index contributed by atoms with van der Waals surface area (Å²) in [6, 6.07) is 13.1. The number of nitrogens with zero attached hydrogens (tertiary/aromatic N) is 3. The van der Waals surface area contributed by atoms with Crippen molar-refractivity contribution in [3.63, 3.8) is 0 Å². The Morgan fingerprint density at radius 2 is 1.68 bits per heavy atom. The molecule has 0 aliphatic rings. The van der Waals surface area contributed by atoms with Crippen LogP contribution in [0.25, 0.3) is 11.0 Å². The third kappa shape index (κ3) is 7.47. The van der Waals surface area contributed by atoms with E-state index in [-0.39, 0.29) is 11.8 Å². The first-order chi connectivity index (χ1) is 18.0. The fourth-order valence-corrected chi connectivity index (χ4v) is 4.50. The SMILES string of the molecule is CCCN(CCC)C(=O)Cn1c(CCCCCNC(=O)c2ccc(OC)c(OC)c2)nc2ccccc21. The van der Waals surface area contributed by atoms with Gasteiger partial charge in [-0.25, -0.2) is 4.98 Å². The van der Waals surface area contributed by atoms with Crippen molar-refractivity contribution in [2.24, 2.45) is 0 Å². The average Bonchev–Trinajstić information content (AvgIpc) is 3.26. The Kier molecular flexibility index (Phi) is 10.8. The lowest BCUT2D eigenvalue weighted by molar-refractivity contribution is -0.131. The fourth-order valence-electron chi connectivity index (χ4n) is 4.50.